The molecule has 1 N–H and O–H groups in total. The highest BCUT2D eigenvalue weighted by Gasteiger charge is 2.37. The Bertz CT molecular complexity index is 925. The molecule has 0 spiro atoms. The van der Waals surface area contributed by atoms with Crippen LogP contribution in [0.2, 0.25) is 0 Å². The highest BCUT2D eigenvalue weighted by atomic mass is 19.4. The topological polar surface area (TPSA) is 68.5 Å². The fourth-order valence-electron chi connectivity index (χ4n) is 2.43. The number of carboxylic acids is 1. The minimum Gasteiger partial charge on any atom is -0.477 e. The summed E-state index contributed by atoms with van der Waals surface area (Å²) < 4.78 is 69.7. The Morgan fingerprint density at radius 3 is 2.22 bits per heavy atom. The van der Waals surface area contributed by atoms with Gasteiger partial charge in [0.1, 0.15) is 5.56 Å². The van der Waals surface area contributed by atoms with Gasteiger partial charge in [-0.15, -0.1) is 13.2 Å². The molecule has 1 fully saturated rings. The summed E-state index contributed by atoms with van der Waals surface area (Å²) >= 11 is 0. The van der Waals surface area contributed by atoms with Gasteiger partial charge in [-0.25, -0.2) is 9.18 Å². The Kier molecular flexibility index (Phi) is 7.09. The second-order valence-corrected chi connectivity index (χ2v) is 5.26. The first-order chi connectivity index (χ1) is 11.1. The van der Waals surface area contributed by atoms with E-state index in [1.807, 2.05) is 0 Å². The van der Waals surface area contributed by atoms with Crippen LogP contribution in [-0.2, 0) is 0 Å². The van der Waals surface area contributed by atoms with E-state index in [0.717, 1.165) is 10.8 Å². The number of aromatic carboxylic acids is 1. The van der Waals surface area contributed by atoms with Crippen LogP contribution >= 0.6 is 0 Å². The number of hydrogen-bond acceptors (Lipinski definition) is 3. The Morgan fingerprint density at radius 2 is 1.78 bits per heavy atom. The molecule has 1 heterocycles. The van der Waals surface area contributed by atoms with Crippen molar-refractivity contribution in [2.45, 2.75) is 25.2 Å². The van der Waals surface area contributed by atoms with E-state index in [-0.39, 0.29) is 17.8 Å². The molecule has 0 amide bonds. The Balaban J connectivity index is 0.00000225. The van der Waals surface area contributed by atoms with Crippen LogP contribution in [0.1, 0.15) is 29.2 Å². The van der Waals surface area contributed by atoms with Crippen LogP contribution in [0.3, 0.4) is 0 Å². The average Bonchev–Trinajstić information content (AvgIpc) is 3.28. The van der Waals surface area contributed by atoms with Crippen LogP contribution in [-0.4, -0.2) is 30.4 Å². The summed E-state index contributed by atoms with van der Waals surface area (Å²) in [6.07, 6.45) is -3.52. The lowest BCUT2D eigenvalue weighted by Crippen LogP contribution is -2.23. The lowest BCUT2D eigenvalue weighted by molar-refractivity contribution is -0.275. The van der Waals surface area contributed by atoms with Gasteiger partial charge in [-0.05, 0) is 18.9 Å². The average molecular weight is 403 g/mol. The molecule has 2 aromatic rings. The van der Waals surface area contributed by atoms with Gasteiger partial charge in [0.25, 0.3) is 0 Å². The molecule has 3 rings (SSSR count). The van der Waals surface area contributed by atoms with Gasteiger partial charge < -0.3 is 14.4 Å². The molecule has 0 atom stereocenters. The van der Waals surface area contributed by atoms with E-state index < -0.39 is 57.7 Å². The molecule has 0 saturated heterocycles. The van der Waals surface area contributed by atoms with E-state index in [1.54, 1.807) is 0 Å². The molecule has 5 nitrogen and oxygen atoms in total. The van der Waals surface area contributed by atoms with Crippen LogP contribution in [0.25, 0.3) is 10.9 Å². The minimum atomic E-state index is -5.32. The molecule has 13 heteroatoms. The van der Waals surface area contributed by atoms with Crippen molar-refractivity contribution in [3.05, 3.63) is 39.7 Å². The van der Waals surface area contributed by atoms with Gasteiger partial charge in [0.2, 0.25) is 11.2 Å². The van der Waals surface area contributed by atoms with Crippen LogP contribution in [0.5, 0.6) is 5.75 Å². The number of carboxylic acid groups (broad SMARTS) is 1. The van der Waals surface area contributed by atoms with Crippen LogP contribution < -0.4 is 10.2 Å². The largest absolute Gasteiger partial charge is 0.573 e. The van der Waals surface area contributed by atoms with Gasteiger partial charge in [0.05, 0.1) is 19.3 Å². The number of alkyl halides is 3. The van der Waals surface area contributed by atoms with Crippen molar-refractivity contribution >= 4 is 25.3 Å². The maximum Gasteiger partial charge on any atom is 0.573 e. The molecular formula is C14H13BF7NO4. The number of rotatable bonds is 3. The second-order valence-electron chi connectivity index (χ2n) is 5.26. The van der Waals surface area contributed by atoms with E-state index in [2.05, 4.69) is 4.74 Å². The maximum atomic E-state index is 13.9. The first-order valence-electron chi connectivity index (χ1n) is 6.66. The Hall–Kier alpha value is -2.73. The number of benzene rings is 1. The zero-order chi connectivity index (χ0) is 17.8. The third-order valence-electron chi connectivity index (χ3n) is 3.55. The molecule has 1 aromatic heterocycles. The molecule has 1 aromatic carbocycles. The third kappa shape index (κ3) is 4.34. The molecule has 1 aliphatic rings. The predicted octanol–water partition coefficient (Wildman–Crippen LogP) is 2.33. The Labute approximate surface area is 147 Å². The van der Waals surface area contributed by atoms with Gasteiger partial charge in [-0.3, -0.25) is 14.2 Å². The number of carbonyl (C=O) groups is 1. The summed E-state index contributed by atoms with van der Waals surface area (Å²) in [5, 5.41) is 8.34. The van der Waals surface area contributed by atoms with Gasteiger partial charge in [-0.1, -0.05) is 0 Å². The first kappa shape index (κ1) is 24.3. The lowest BCUT2D eigenvalue weighted by atomic mass is 10.1. The lowest BCUT2D eigenvalue weighted by Gasteiger charge is -2.17. The third-order valence-corrected chi connectivity index (χ3v) is 3.55. The monoisotopic (exact) mass is 403 g/mol. The normalized spacial score (nSPS) is 13.2. The van der Waals surface area contributed by atoms with Gasteiger partial charge in [0, 0.05) is 12.2 Å². The minimum absolute atomic E-state index is 0. The molecule has 27 heavy (non-hydrogen) atoms. The van der Waals surface area contributed by atoms with E-state index in [4.69, 9.17) is 5.11 Å². The van der Waals surface area contributed by atoms with Crippen molar-refractivity contribution in [3.63, 3.8) is 0 Å². The number of halogens is 7. The van der Waals surface area contributed by atoms with E-state index >= 15 is 0 Å². The summed E-state index contributed by atoms with van der Waals surface area (Å²) in [5.41, 5.74) is -2.59. The van der Waals surface area contributed by atoms with Gasteiger partial charge in [0.15, 0.2) is 11.6 Å². The van der Waals surface area contributed by atoms with Crippen molar-refractivity contribution in [1.29, 1.82) is 0 Å². The van der Waals surface area contributed by atoms with Crippen molar-refractivity contribution in [2.75, 3.05) is 0 Å². The Morgan fingerprint density at radius 1 is 1.22 bits per heavy atom. The van der Waals surface area contributed by atoms with Crippen LogP contribution in [0, 0.1) is 11.6 Å². The maximum absolute atomic E-state index is 13.9. The summed E-state index contributed by atoms with van der Waals surface area (Å²) in [6, 6.07) is -0.0479. The summed E-state index contributed by atoms with van der Waals surface area (Å²) in [5.74, 6) is -6.77. The fourth-order valence-corrected chi connectivity index (χ4v) is 2.43. The summed E-state index contributed by atoms with van der Waals surface area (Å²) in [7, 11) is 0. The number of hydrogen-bond donors (Lipinski definition) is 1. The zero-order valence-electron chi connectivity index (χ0n) is 12.5. The van der Waals surface area contributed by atoms with E-state index in [9.17, 15) is 31.5 Å². The highest BCUT2D eigenvalue weighted by Crippen LogP contribution is 2.41. The smallest absolute Gasteiger partial charge is 0.477 e. The predicted molar refractivity (Wildman–Crippen MR) is 85.0 cm³/mol. The van der Waals surface area contributed by atoms with Crippen LogP contribution in [0.15, 0.2) is 17.1 Å². The fraction of sp³-hybridized carbons (Fsp3) is 0.286. The SMILES string of the molecule is B.F.F.O=C(O)c1cn(C2CC2)c2c(OC(F)(F)F)c(F)c(F)cc2c1=O. The molecule has 0 aliphatic heterocycles. The number of fused-ring (bicyclic) bond motifs is 1. The summed E-state index contributed by atoms with van der Waals surface area (Å²) in [6.45, 7) is 0. The zero-order valence-corrected chi connectivity index (χ0v) is 12.5. The van der Waals surface area contributed by atoms with Crippen molar-refractivity contribution in [1.82, 2.24) is 4.57 Å². The van der Waals surface area contributed by atoms with E-state index in [0.29, 0.717) is 18.9 Å². The second kappa shape index (κ2) is 7.88. The number of aromatic nitrogens is 1. The molecular weight excluding hydrogens is 390 g/mol. The molecule has 0 radical (unpaired) electrons. The van der Waals surface area contributed by atoms with Crippen molar-refractivity contribution in [2.24, 2.45) is 0 Å². The molecule has 1 aliphatic carbocycles. The molecule has 0 bridgehead atoms. The summed E-state index contributed by atoms with van der Waals surface area (Å²) in [4.78, 5) is 23.3. The van der Waals surface area contributed by atoms with Crippen LogP contribution in [0.4, 0.5) is 31.4 Å². The van der Waals surface area contributed by atoms with Crippen molar-refractivity contribution < 1.29 is 46.0 Å². The number of nitrogens with zero attached hydrogens (tertiary/aromatic N) is 1. The number of ether oxygens (including phenoxy) is 1. The first-order valence-corrected chi connectivity index (χ1v) is 6.66. The highest BCUT2D eigenvalue weighted by molar-refractivity contribution is 5.94. The molecule has 1 saturated carbocycles. The number of pyridine rings is 1. The van der Waals surface area contributed by atoms with Gasteiger partial charge >= 0.3 is 12.3 Å². The van der Waals surface area contributed by atoms with Crippen molar-refractivity contribution in [3.8, 4) is 5.75 Å². The standard InChI is InChI=1S/C14H8F5NO4.BH3.2FH/c15-8-3-6-10(12(9(8)16)24-14(17,18)19)20(5-1-2-5)4-7(11(6)21)13(22)23;;;/h3-5H,1-2H2,(H,22,23);1H3;2*1H. The molecule has 150 valence electrons. The van der Waals surface area contributed by atoms with E-state index in [1.165, 1.54) is 0 Å². The quantitative estimate of drug-likeness (QED) is 0.631. The molecule has 0 unspecified atom stereocenters. The van der Waals surface area contributed by atoms with Gasteiger partial charge in [-0.2, -0.15) is 4.39 Å².